The number of piperidine rings is 1. The second kappa shape index (κ2) is 7.23. The number of ketones is 1. The zero-order valence-corrected chi connectivity index (χ0v) is 11.0. The Balaban J connectivity index is 2.14. The predicted octanol–water partition coefficient (Wildman–Crippen LogP) is 2.86. The van der Waals surface area contributed by atoms with Gasteiger partial charge in [-0.3, -0.25) is 4.79 Å². The molecule has 15 heavy (non-hydrogen) atoms. The summed E-state index contributed by atoms with van der Waals surface area (Å²) < 4.78 is 0.985. The minimum absolute atomic E-state index is 0.337. The van der Waals surface area contributed by atoms with Gasteiger partial charge in [0.05, 0.1) is 0 Å². The van der Waals surface area contributed by atoms with Crippen LogP contribution in [0.2, 0.25) is 0 Å². The molecule has 86 valence electrons. The summed E-state index contributed by atoms with van der Waals surface area (Å²) in [4.78, 5) is 13.4. The van der Waals surface area contributed by atoms with Crippen LogP contribution in [-0.4, -0.2) is 33.8 Å². The normalized spacial score (nSPS) is 16.5. The standard InChI is InChI=1S/C11H19NOS2/c1-2-10(13)6-9-15-11(14)12-7-4-3-5-8-12/h2-9H2,1H3. The minimum Gasteiger partial charge on any atom is -0.358 e. The molecule has 1 fully saturated rings. The SMILES string of the molecule is CCC(=O)CCSC(=S)N1CCCCC1. The Morgan fingerprint density at radius 1 is 1.33 bits per heavy atom. The molecule has 0 bridgehead atoms. The van der Waals surface area contributed by atoms with E-state index >= 15 is 0 Å². The van der Waals surface area contributed by atoms with E-state index in [1.807, 2.05) is 6.92 Å². The monoisotopic (exact) mass is 245 g/mol. The molecule has 0 spiro atoms. The van der Waals surface area contributed by atoms with Gasteiger partial charge in [-0.2, -0.15) is 0 Å². The molecule has 0 atom stereocenters. The Bertz CT molecular complexity index is 225. The fourth-order valence-corrected chi connectivity index (χ4v) is 2.90. The molecule has 0 N–H and O–H groups in total. The van der Waals surface area contributed by atoms with Gasteiger partial charge < -0.3 is 4.90 Å². The van der Waals surface area contributed by atoms with E-state index in [0.29, 0.717) is 18.6 Å². The molecule has 0 aromatic rings. The Hall–Kier alpha value is -0.0900. The zero-order valence-electron chi connectivity index (χ0n) is 9.33. The maximum atomic E-state index is 11.1. The molecular formula is C11H19NOS2. The van der Waals surface area contributed by atoms with Gasteiger partial charge in [0.25, 0.3) is 0 Å². The van der Waals surface area contributed by atoms with E-state index in [4.69, 9.17) is 12.2 Å². The van der Waals surface area contributed by atoms with E-state index in [0.717, 1.165) is 23.2 Å². The highest BCUT2D eigenvalue weighted by atomic mass is 32.2. The lowest BCUT2D eigenvalue weighted by atomic mass is 10.1. The van der Waals surface area contributed by atoms with Crippen LogP contribution in [0, 0.1) is 0 Å². The van der Waals surface area contributed by atoms with Gasteiger partial charge in [-0.05, 0) is 19.3 Å². The average molecular weight is 245 g/mol. The van der Waals surface area contributed by atoms with Crippen molar-refractivity contribution >= 4 is 34.1 Å². The van der Waals surface area contributed by atoms with Crippen molar-refractivity contribution in [3.8, 4) is 0 Å². The number of carbonyl (C=O) groups is 1. The molecule has 0 aromatic carbocycles. The lowest BCUT2D eigenvalue weighted by molar-refractivity contribution is -0.118. The predicted molar refractivity (Wildman–Crippen MR) is 70.4 cm³/mol. The Morgan fingerprint density at radius 3 is 2.60 bits per heavy atom. The van der Waals surface area contributed by atoms with Crippen molar-refractivity contribution in [1.29, 1.82) is 0 Å². The van der Waals surface area contributed by atoms with Crippen molar-refractivity contribution in [2.24, 2.45) is 0 Å². The molecule has 1 heterocycles. The summed E-state index contributed by atoms with van der Waals surface area (Å²) in [5.41, 5.74) is 0. The molecule has 0 unspecified atom stereocenters. The first-order valence-electron chi connectivity index (χ1n) is 5.67. The second-order valence-corrected chi connectivity index (χ2v) is 5.53. The fourth-order valence-electron chi connectivity index (χ4n) is 1.60. The lowest BCUT2D eigenvalue weighted by Crippen LogP contribution is -2.32. The number of nitrogens with zero attached hydrogens (tertiary/aromatic N) is 1. The van der Waals surface area contributed by atoms with Gasteiger partial charge in [0.1, 0.15) is 10.1 Å². The summed E-state index contributed by atoms with van der Waals surface area (Å²) in [6.45, 7) is 4.12. The largest absolute Gasteiger partial charge is 0.358 e. The highest BCUT2D eigenvalue weighted by molar-refractivity contribution is 8.22. The van der Waals surface area contributed by atoms with Gasteiger partial charge in [0.15, 0.2) is 0 Å². The summed E-state index contributed by atoms with van der Waals surface area (Å²) in [6.07, 6.45) is 5.16. The highest BCUT2D eigenvalue weighted by Gasteiger charge is 2.13. The van der Waals surface area contributed by atoms with Gasteiger partial charge >= 0.3 is 0 Å². The average Bonchev–Trinajstić information content (AvgIpc) is 2.29. The van der Waals surface area contributed by atoms with Crippen LogP contribution in [0.5, 0.6) is 0 Å². The van der Waals surface area contributed by atoms with Crippen molar-refractivity contribution in [1.82, 2.24) is 4.90 Å². The first-order valence-corrected chi connectivity index (χ1v) is 7.07. The Labute approximate surface area is 102 Å². The van der Waals surface area contributed by atoms with Gasteiger partial charge in [-0.15, -0.1) is 0 Å². The van der Waals surface area contributed by atoms with Crippen LogP contribution < -0.4 is 0 Å². The van der Waals surface area contributed by atoms with Crippen molar-refractivity contribution in [2.75, 3.05) is 18.8 Å². The summed E-state index contributed by atoms with van der Waals surface area (Å²) in [7, 11) is 0. The lowest BCUT2D eigenvalue weighted by Gasteiger charge is -2.28. The van der Waals surface area contributed by atoms with Gasteiger partial charge in [0, 0.05) is 31.7 Å². The van der Waals surface area contributed by atoms with E-state index in [9.17, 15) is 4.79 Å². The van der Waals surface area contributed by atoms with E-state index in [2.05, 4.69) is 4.90 Å². The van der Waals surface area contributed by atoms with Gasteiger partial charge in [0.2, 0.25) is 0 Å². The van der Waals surface area contributed by atoms with Crippen molar-refractivity contribution in [3.05, 3.63) is 0 Å². The van der Waals surface area contributed by atoms with Crippen LogP contribution in [0.3, 0.4) is 0 Å². The number of thioether (sulfide) groups is 1. The first-order chi connectivity index (χ1) is 7.24. The molecule has 1 rings (SSSR count). The molecule has 0 amide bonds. The topological polar surface area (TPSA) is 20.3 Å². The first kappa shape index (κ1) is 13.0. The molecule has 0 saturated carbocycles. The third kappa shape index (κ3) is 4.98. The maximum Gasteiger partial charge on any atom is 0.136 e. The van der Waals surface area contributed by atoms with Crippen LogP contribution in [0.4, 0.5) is 0 Å². The van der Waals surface area contributed by atoms with E-state index in [1.165, 1.54) is 19.3 Å². The molecule has 0 aliphatic carbocycles. The van der Waals surface area contributed by atoms with Gasteiger partial charge in [-0.25, -0.2) is 0 Å². The number of hydrogen-bond donors (Lipinski definition) is 0. The quantitative estimate of drug-likeness (QED) is 0.709. The number of thiocarbonyl (C=S) groups is 1. The van der Waals surface area contributed by atoms with E-state index in [-0.39, 0.29) is 0 Å². The Morgan fingerprint density at radius 2 is 2.00 bits per heavy atom. The molecule has 0 aromatic heterocycles. The smallest absolute Gasteiger partial charge is 0.136 e. The van der Waals surface area contributed by atoms with Crippen molar-refractivity contribution in [2.45, 2.75) is 39.0 Å². The summed E-state index contributed by atoms with van der Waals surface area (Å²) in [5.74, 6) is 1.19. The van der Waals surface area contributed by atoms with Gasteiger partial charge in [-0.1, -0.05) is 30.9 Å². The van der Waals surface area contributed by atoms with Crippen LogP contribution in [0.1, 0.15) is 39.0 Å². The number of rotatable bonds is 4. The number of carbonyl (C=O) groups excluding carboxylic acids is 1. The highest BCUT2D eigenvalue weighted by Crippen LogP contribution is 2.16. The zero-order chi connectivity index (χ0) is 11.1. The number of likely N-dealkylation sites (tertiary alicyclic amines) is 1. The fraction of sp³-hybridized carbons (Fsp3) is 0.818. The molecule has 1 aliphatic rings. The summed E-state index contributed by atoms with van der Waals surface area (Å²) >= 11 is 7.00. The van der Waals surface area contributed by atoms with Crippen molar-refractivity contribution < 1.29 is 4.79 Å². The number of hydrogen-bond acceptors (Lipinski definition) is 3. The Kier molecular flexibility index (Phi) is 6.25. The number of Topliss-reactive ketones (excluding diaryl/α,β-unsaturated/α-hetero) is 1. The second-order valence-electron chi connectivity index (χ2n) is 3.80. The van der Waals surface area contributed by atoms with Crippen LogP contribution in [0.15, 0.2) is 0 Å². The van der Waals surface area contributed by atoms with Crippen LogP contribution in [0.25, 0.3) is 0 Å². The molecule has 1 aliphatic heterocycles. The van der Waals surface area contributed by atoms with Crippen LogP contribution in [-0.2, 0) is 4.79 Å². The maximum absolute atomic E-state index is 11.1. The van der Waals surface area contributed by atoms with Crippen molar-refractivity contribution in [3.63, 3.8) is 0 Å². The molecule has 1 saturated heterocycles. The summed E-state index contributed by atoms with van der Waals surface area (Å²) in [5, 5.41) is 0. The van der Waals surface area contributed by atoms with Crippen LogP contribution >= 0.6 is 24.0 Å². The molecule has 0 radical (unpaired) electrons. The summed E-state index contributed by atoms with van der Waals surface area (Å²) in [6, 6.07) is 0. The third-order valence-electron chi connectivity index (χ3n) is 2.62. The minimum atomic E-state index is 0.337. The molecule has 4 heteroatoms. The van der Waals surface area contributed by atoms with E-state index < -0.39 is 0 Å². The third-order valence-corrected chi connectivity index (χ3v) is 4.14. The molecule has 2 nitrogen and oxygen atoms in total. The van der Waals surface area contributed by atoms with E-state index in [1.54, 1.807) is 11.8 Å². The molecular weight excluding hydrogens is 226 g/mol.